The Morgan fingerprint density at radius 2 is 1.67 bits per heavy atom. The largest absolute Gasteiger partial charge is 0.325 e. The van der Waals surface area contributed by atoms with Crippen molar-refractivity contribution in [2.45, 2.75) is 49.8 Å². The smallest absolute Gasteiger partial charge is 0.234 e. The second-order valence-corrected chi connectivity index (χ2v) is 11.4. The highest BCUT2D eigenvalue weighted by atomic mass is 32.2. The summed E-state index contributed by atoms with van der Waals surface area (Å²) in [6, 6.07) is 7.71. The molecule has 6 nitrogen and oxygen atoms in total. The molecule has 0 unspecified atom stereocenters. The minimum atomic E-state index is -0.193. The lowest BCUT2D eigenvalue weighted by Crippen LogP contribution is -2.51. The Labute approximate surface area is 184 Å². The number of amides is 2. The van der Waals surface area contributed by atoms with E-state index in [2.05, 4.69) is 20.8 Å². The van der Waals surface area contributed by atoms with Crippen LogP contribution < -0.4 is 10.6 Å². The van der Waals surface area contributed by atoms with E-state index < -0.39 is 0 Å². The number of nitrogens with one attached hydrogen (secondary N) is 2. The summed E-state index contributed by atoms with van der Waals surface area (Å²) < 4.78 is 0.690. The van der Waals surface area contributed by atoms with E-state index >= 15 is 0 Å². The van der Waals surface area contributed by atoms with Gasteiger partial charge in [0.25, 0.3) is 0 Å². The third kappa shape index (κ3) is 4.12. The summed E-state index contributed by atoms with van der Waals surface area (Å²) in [4.78, 5) is 25.3. The molecule has 6 rings (SSSR count). The Morgan fingerprint density at radius 3 is 2.30 bits per heavy atom. The summed E-state index contributed by atoms with van der Waals surface area (Å²) in [7, 11) is 0. The minimum absolute atomic E-state index is 0.0850. The average molecular weight is 443 g/mol. The molecule has 0 radical (unpaired) electrons. The Kier molecular flexibility index (Phi) is 5.31. The van der Waals surface area contributed by atoms with Gasteiger partial charge in [-0.1, -0.05) is 40.8 Å². The lowest BCUT2D eigenvalue weighted by molar-refractivity contribution is -0.140. The number of rotatable bonds is 6. The molecule has 2 aromatic rings. The number of hydrogen-bond acceptors (Lipinski definition) is 6. The molecule has 1 heterocycles. The predicted molar refractivity (Wildman–Crippen MR) is 120 cm³/mol. The van der Waals surface area contributed by atoms with Crippen LogP contribution in [0.1, 0.15) is 44.1 Å². The summed E-state index contributed by atoms with van der Waals surface area (Å²) in [5, 5.41) is 14.7. The van der Waals surface area contributed by atoms with Crippen LogP contribution in [0.15, 0.2) is 28.6 Å². The van der Waals surface area contributed by atoms with Crippen LogP contribution in [-0.2, 0) is 9.59 Å². The maximum atomic E-state index is 13.1. The quantitative estimate of drug-likeness (QED) is 0.499. The lowest BCUT2D eigenvalue weighted by Gasteiger charge is -2.55. The summed E-state index contributed by atoms with van der Waals surface area (Å²) in [5.41, 5.74) is 1.74. The van der Waals surface area contributed by atoms with Crippen LogP contribution in [0, 0.1) is 30.1 Å². The Bertz CT molecular complexity index is 921. The maximum absolute atomic E-state index is 13.1. The van der Waals surface area contributed by atoms with E-state index in [4.69, 9.17) is 0 Å². The van der Waals surface area contributed by atoms with Gasteiger partial charge in [0.05, 0.1) is 11.2 Å². The van der Waals surface area contributed by atoms with Crippen molar-refractivity contribution < 1.29 is 9.59 Å². The average Bonchev–Trinajstić information content (AvgIpc) is 3.14. The van der Waals surface area contributed by atoms with E-state index in [1.807, 2.05) is 31.2 Å². The SMILES string of the molecule is Cc1ccc(NC(=O)CSc2nnc(NC(=O)C34CC5CC(CC(C5)C3)C4)s2)cc1. The highest BCUT2D eigenvalue weighted by Crippen LogP contribution is 2.60. The standard InChI is InChI=1S/C22H26N4O2S2/c1-13-2-4-17(5-3-13)23-18(27)12-29-21-26-25-20(30-21)24-19(28)22-9-14-6-15(10-22)8-16(7-14)11-22/h2-5,14-16H,6-12H2,1H3,(H,23,27)(H,24,25,28). The zero-order chi connectivity index (χ0) is 20.7. The van der Waals surface area contributed by atoms with E-state index in [0.29, 0.717) is 9.47 Å². The number of carbonyl (C=O) groups is 2. The second-order valence-electron chi connectivity index (χ2n) is 9.23. The first-order chi connectivity index (χ1) is 14.5. The fraction of sp³-hybridized carbons (Fsp3) is 0.545. The van der Waals surface area contributed by atoms with Gasteiger partial charge in [0.2, 0.25) is 16.9 Å². The number of benzene rings is 1. The number of nitrogens with zero attached hydrogens (tertiary/aromatic N) is 2. The summed E-state index contributed by atoms with van der Waals surface area (Å²) in [5.74, 6) is 2.49. The Morgan fingerprint density at radius 1 is 1.03 bits per heavy atom. The third-order valence-electron chi connectivity index (χ3n) is 6.81. The van der Waals surface area contributed by atoms with E-state index in [9.17, 15) is 9.59 Å². The summed E-state index contributed by atoms with van der Waals surface area (Å²) in [6.45, 7) is 2.01. The fourth-order valence-corrected chi connectivity index (χ4v) is 7.45. The molecule has 4 fully saturated rings. The van der Waals surface area contributed by atoms with E-state index in [1.165, 1.54) is 42.4 Å². The molecule has 0 aliphatic heterocycles. The van der Waals surface area contributed by atoms with Crippen molar-refractivity contribution in [1.82, 2.24) is 10.2 Å². The van der Waals surface area contributed by atoms with Gasteiger partial charge in [0.1, 0.15) is 0 Å². The lowest BCUT2D eigenvalue weighted by atomic mass is 9.49. The number of aromatic nitrogens is 2. The summed E-state index contributed by atoms with van der Waals surface area (Å²) >= 11 is 2.68. The van der Waals surface area contributed by atoms with Crippen LogP contribution in [0.3, 0.4) is 0 Å². The molecule has 4 bridgehead atoms. The van der Waals surface area contributed by atoms with E-state index in [1.54, 1.807) is 0 Å². The number of aryl methyl sites for hydroxylation is 1. The zero-order valence-corrected chi connectivity index (χ0v) is 18.7. The van der Waals surface area contributed by atoms with Crippen molar-refractivity contribution in [3.05, 3.63) is 29.8 Å². The number of hydrogen-bond donors (Lipinski definition) is 2. The third-order valence-corrected chi connectivity index (χ3v) is 8.78. The van der Waals surface area contributed by atoms with Crippen molar-refractivity contribution in [1.29, 1.82) is 0 Å². The minimum Gasteiger partial charge on any atom is -0.325 e. The van der Waals surface area contributed by atoms with Crippen molar-refractivity contribution in [3.63, 3.8) is 0 Å². The van der Waals surface area contributed by atoms with E-state index in [-0.39, 0.29) is 23.0 Å². The van der Waals surface area contributed by atoms with Crippen LogP contribution in [0.5, 0.6) is 0 Å². The van der Waals surface area contributed by atoms with Crippen molar-refractivity contribution >= 4 is 45.7 Å². The zero-order valence-electron chi connectivity index (χ0n) is 17.0. The maximum Gasteiger partial charge on any atom is 0.234 e. The van der Waals surface area contributed by atoms with Gasteiger partial charge in [-0.05, 0) is 75.3 Å². The van der Waals surface area contributed by atoms with Crippen LogP contribution >= 0.6 is 23.1 Å². The molecule has 1 aromatic heterocycles. The topological polar surface area (TPSA) is 84.0 Å². The normalized spacial score (nSPS) is 29.0. The van der Waals surface area contributed by atoms with Gasteiger partial charge < -0.3 is 10.6 Å². The first kappa shape index (κ1) is 20.0. The Balaban J connectivity index is 1.15. The van der Waals surface area contributed by atoms with E-state index in [0.717, 1.165) is 48.3 Å². The van der Waals surface area contributed by atoms with Crippen molar-refractivity contribution in [2.24, 2.45) is 23.2 Å². The van der Waals surface area contributed by atoms with Gasteiger partial charge >= 0.3 is 0 Å². The number of thioether (sulfide) groups is 1. The molecular formula is C22H26N4O2S2. The molecule has 2 N–H and O–H groups in total. The van der Waals surface area contributed by atoms with Gasteiger partial charge in [0, 0.05) is 5.69 Å². The monoisotopic (exact) mass is 442 g/mol. The molecule has 0 spiro atoms. The second kappa shape index (κ2) is 7.96. The molecule has 30 heavy (non-hydrogen) atoms. The highest BCUT2D eigenvalue weighted by Gasteiger charge is 2.54. The van der Waals surface area contributed by atoms with Crippen LogP contribution in [0.25, 0.3) is 0 Å². The van der Waals surface area contributed by atoms with Crippen molar-refractivity contribution in [3.8, 4) is 0 Å². The van der Waals surface area contributed by atoms with Crippen LogP contribution in [0.2, 0.25) is 0 Å². The van der Waals surface area contributed by atoms with Gasteiger partial charge in [-0.15, -0.1) is 10.2 Å². The molecule has 1 aromatic carbocycles. The van der Waals surface area contributed by atoms with Gasteiger partial charge in [-0.3, -0.25) is 9.59 Å². The molecule has 4 saturated carbocycles. The summed E-state index contributed by atoms with van der Waals surface area (Å²) in [6.07, 6.45) is 7.05. The number of anilines is 2. The van der Waals surface area contributed by atoms with Gasteiger partial charge in [-0.2, -0.15) is 0 Å². The van der Waals surface area contributed by atoms with Crippen molar-refractivity contribution in [2.75, 3.05) is 16.4 Å². The molecule has 158 valence electrons. The van der Waals surface area contributed by atoms with Gasteiger partial charge in [0.15, 0.2) is 4.34 Å². The Hall–Kier alpha value is -1.93. The van der Waals surface area contributed by atoms with Crippen LogP contribution in [-0.4, -0.2) is 27.8 Å². The molecule has 4 aliphatic rings. The van der Waals surface area contributed by atoms with Crippen LogP contribution in [0.4, 0.5) is 10.8 Å². The molecule has 8 heteroatoms. The predicted octanol–water partition coefficient (Wildman–Crippen LogP) is 4.73. The highest BCUT2D eigenvalue weighted by molar-refractivity contribution is 8.01. The fourth-order valence-electron chi connectivity index (χ4n) is 5.90. The molecule has 0 saturated heterocycles. The molecule has 4 aliphatic carbocycles. The molecule has 0 atom stereocenters. The first-order valence-electron chi connectivity index (χ1n) is 10.6. The molecular weight excluding hydrogens is 416 g/mol. The molecule has 2 amide bonds. The van der Waals surface area contributed by atoms with Gasteiger partial charge in [-0.25, -0.2) is 0 Å². The first-order valence-corrected chi connectivity index (χ1v) is 12.4. The number of carbonyl (C=O) groups excluding carboxylic acids is 2.